The maximum absolute atomic E-state index is 15.1. The van der Waals surface area contributed by atoms with Crippen molar-refractivity contribution in [3.63, 3.8) is 0 Å². The Morgan fingerprint density at radius 2 is 1.47 bits per heavy atom. The average Bonchev–Trinajstić information content (AvgIpc) is 4.25. The van der Waals surface area contributed by atoms with Crippen LogP contribution < -0.4 is 27.0 Å². The molecule has 3 aromatic carbocycles. The summed E-state index contributed by atoms with van der Waals surface area (Å²) in [6.07, 6.45) is 11.9. The molecule has 16 nitrogen and oxygen atoms in total. The number of likely N-dealkylation sites (tertiary alicyclic amines) is 1. The molecule has 4 aliphatic heterocycles. The highest BCUT2D eigenvalue weighted by Gasteiger charge is 2.51. The van der Waals surface area contributed by atoms with E-state index in [1.54, 1.807) is 35.2 Å². The predicted octanol–water partition coefficient (Wildman–Crippen LogP) is 4.44. The Morgan fingerprint density at radius 1 is 0.750 bits per heavy atom. The number of hydrogen-bond donors (Lipinski definition) is 6. The summed E-state index contributed by atoms with van der Waals surface area (Å²) in [6.45, 7) is 3.69. The van der Waals surface area contributed by atoms with Crippen LogP contribution in [0, 0.1) is 17.1 Å². The average molecular weight is 988 g/mol. The molecule has 0 unspecified atom stereocenters. The van der Waals surface area contributed by atoms with Crippen LogP contribution in [0.25, 0.3) is 0 Å². The van der Waals surface area contributed by atoms with Gasteiger partial charge in [0.05, 0.1) is 36.4 Å². The third kappa shape index (κ3) is 12.1. The van der Waals surface area contributed by atoms with Crippen molar-refractivity contribution in [2.75, 3.05) is 65.5 Å². The minimum atomic E-state index is -0.682. The Labute approximate surface area is 421 Å². The first-order valence-electron chi connectivity index (χ1n) is 26.2. The first kappa shape index (κ1) is 50.9. The van der Waals surface area contributed by atoms with Gasteiger partial charge < -0.3 is 51.8 Å². The number of rotatable bonds is 18. The Hall–Kier alpha value is -6.04. The van der Waals surface area contributed by atoms with Gasteiger partial charge in [0.15, 0.2) is 0 Å². The number of ether oxygens (including phenoxy) is 1. The number of benzene rings is 3. The largest absolute Gasteiger partial charge is 0.371 e. The van der Waals surface area contributed by atoms with Crippen LogP contribution in [0.3, 0.4) is 0 Å². The molecule has 0 aromatic heterocycles. The van der Waals surface area contributed by atoms with E-state index in [-0.39, 0.29) is 78.4 Å². The number of amides is 6. The summed E-state index contributed by atoms with van der Waals surface area (Å²) in [5.41, 5.74) is 7.16. The normalized spacial score (nSPS) is 23.8. The van der Waals surface area contributed by atoms with Crippen LogP contribution in [-0.4, -0.2) is 145 Å². The van der Waals surface area contributed by atoms with E-state index in [0.29, 0.717) is 87.7 Å². The molecular formula is C55H70FN9O7. The van der Waals surface area contributed by atoms with Crippen molar-refractivity contribution in [2.45, 2.75) is 119 Å². The third-order valence-corrected chi connectivity index (χ3v) is 16.2. The van der Waals surface area contributed by atoms with Crippen LogP contribution in [0.2, 0.25) is 0 Å². The first-order chi connectivity index (χ1) is 34.8. The second kappa shape index (κ2) is 22.4. The number of hydrogen-bond acceptors (Lipinski definition) is 10. The maximum Gasteiger partial charge on any atom is 0.256 e. The summed E-state index contributed by atoms with van der Waals surface area (Å²) in [5.74, 6) is -2.08. The molecule has 0 spiro atoms. The Balaban J connectivity index is 0.731. The minimum absolute atomic E-state index is 0.0242. The van der Waals surface area contributed by atoms with Gasteiger partial charge in [-0.2, -0.15) is 0 Å². The number of piperidine rings is 1. The van der Waals surface area contributed by atoms with Gasteiger partial charge in [-0.05, 0) is 112 Å². The van der Waals surface area contributed by atoms with Gasteiger partial charge in [0.2, 0.25) is 23.6 Å². The lowest BCUT2D eigenvalue weighted by Crippen LogP contribution is -2.67. The van der Waals surface area contributed by atoms with E-state index in [9.17, 15) is 28.8 Å². The van der Waals surface area contributed by atoms with Gasteiger partial charge in [0.1, 0.15) is 11.9 Å². The number of carbonyl (C=O) groups is 6. The molecule has 17 heteroatoms. The lowest BCUT2D eigenvalue weighted by Gasteiger charge is -2.53. The lowest BCUT2D eigenvalue weighted by molar-refractivity contribution is -0.166. The van der Waals surface area contributed by atoms with E-state index in [0.717, 1.165) is 69.9 Å². The Morgan fingerprint density at radius 3 is 2.18 bits per heavy atom. The van der Waals surface area contributed by atoms with Crippen LogP contribution in [0.4, 0.5) is 4.39 Å². The molecule has 6 amide bonds. The highest BCUT2D eigenvalue weighted by Crippen LogP contribution is 2.44. The zero-order valence-electron chi connectivity index (χ0n) is 41.3. The topological polar surface area (TPSA) is 219 Å². The Bertz CT molecular complexity index is 2510. The molecule has 4 heterocycles. The molecule has 7 fully saturated rings. The summed E-state index contributed by atoms with van der Waals surface area (Å²) in [4.78, 5) is 85.4. The summed E-state index contributed by atoms with van der Waals surface area (Å²) >= 11 is 0. The highest BCUT2D eigenvalue weighted by molar-refractivity contribution is 6.09. The maximum atomic E-state index is 15.1. The second-order valence-corrected chi connectivity index (χ2v) is 21.2. The molecule has 72 heavy (non-hydrogen) atoms. The van der Waals surface area contributed by atoms with Gasteiger partial charge in [0.25, 0.3) is 11.8 Å². The molecule has 3 saturated carbocycles. The number of nitrogens with two attached hydrogens (primary N) is 1. The smallest absolute Gasteiger partial charge is 0.256 e. The molecule has 7 N–H and O–H groups in total. The van der Waals surface area contributed by atoms with E-state index in [1.807, 2.05) is 23.1 Å². The van der Waals surface area contributed by atoms with Gasteiger partial charge in [-0.1, -0.05) is 55.7 Å². The van der Waals surface area contributed by atoms with Gasteiger partial charge >= 0.3 is 0 Å². The minimum Gasteiger partial charge on any atom is -0.371 e. The number of piperazine rings is 1. The fraction of sp³-hybridized carbons (Fsp3) is 0.545. The van der Waals surface area contributed by atoms with Crippen molar-refractivity contribution >= 4 is 41.2 Å². The summed E-state index contributed by atoms with van der Waals surface area (Å²) in [5, 5.41) is 21.8. The fourth-order valence-electron chi connectivity index (χ4n) is 11.6. The molecule has 2 atom stereocenters. The molecular weight excluding hydrogens is 918 g/mol. The lowest BCUT2D eigenvalue weighted by atomic mass is 9.70. The van der Waals surface area contributed by atoms with E-state index in [2.05, 4.69) is 21.3 Å². The van der Waals surface area contributed by atoms with Crippen LogP contribution in [0.15, 0.2) is 66.7 Å². The predicted molar refractivity (Wildman–Crippen MR) is 269 cm³/mol. The quantitative estimate of drug-likeness (QED) is 0.0992. The van der Waals surface area contributed by atoms with Gasteiger partial charge in [0, 0.05) is 86.6 Å². The molecule has 7 aliphatic rings. The first-order valence-corrected chi connectivity index (χ1v) is 26.2. The molecule has 2 bridgehead atoms. The van der Waals surface area contributed by atoms with Crippen LogP contribution in [0.1, 0.15) is 137 Å². The molecule has 384 valence electrons. The zero-order chi connectivity index (χ0) is 50.4. The van der Waals surface area contributed by atoms with Crippen LogP contribution in [-0.2, 0) is 25.5 Å². The SMILES string of the molecule is N=C(Cc1ccc(F)c(C(=O)N2CCN(C(=O)CNCC34CCC(NC(=O)[C@H](NC(=O)c5cccc([C@H]6CCCN(C(=O)CNC7CC7)C6)c5)C5CCCCC5)(CC3)CO4)CC2)c1)c1ccccc1C(N)=O. The summed E-state index contributed by atoms with van der Waals surface area (Å²) in [7, 11) is 0. The Kier molecular flexibility index (Phi) is 15.8. The van der Waals surface area contributed by atoms with Crippen molar-refractivity contribution in [1.82, 2.24) is 36.0 Å². The van der Waals surface area contributed by atoms with Crippen molar-refractivity contribution in [1.29, 1.82) is 5.41 Å². The number of nitrogens with one attached hydrogen (secondary N) is 5. The summed E-state index contributed by atoms with van der Waals surface area (Å²) < 4.78 is 21.6. The van der Waals surface area contributed by atoms with Crippen molar-refractivity contribution in [3.05, 3.63) is 106 Å². The van der Waals surface area contributed by atoms with Gasteiger partial charge in [-0.25, -0.2) is 4.39 Å². The van der Waals surface area contributed by atoms with Crippen molar-refractivity contribution in [2.24, 2.45) is 11.7 Å². The number of carbonyl (C=O) groups excluding carboxylic acids is 6. The second-order valence-electron chi connectivity index (χ2n) is 21.2. The summed E-state index contributed by atoms with van der Waals surface area (Å²) in [6, 6.07) is 18.2. The highest BCUT2D eigenvalue weighted by atomic mass is 19.1. The number of halogens is 1. The van der Waals surface area contributed by atoms with Crippen LogP contribution >= 0.6 is 0 Å². The van der Waals surface area contributed by atoms with E-state index in [1.165, 1.54) is 23.1 Å². The standard InChI is InChI=1S/C55H70FN9O7/c56-45-18-15-36(29-46(57)42-13-4-5-14-43(42)50(58)68)28-44(45)53(71)64-26-24-63(25-27-64)47(66)31-59-34-55-21-19-54(20-22-55,35-72-55)62-52(70)49(37-8-2-1-3-9-37)61-51(69)39-11-6-10-38(30-39)40-12-7-23-65(33-40)48(67)32-60-41-16-17-41/h4-6,10-11,13-15,18,28,30,37,40-41,49,57,59-60H,1-3,7-9,12,16-17,19-27,29,31-35H2,(H2,58,68)(H,61,69)(H,62,70)/t40-,49+,54?,55?/m0/s1. The zero-order valence-corrected chi connectivity index (χ0v) is 41.3. The third-order valence-electron chi connectivity index (χ3n) is 16.2. The molecule has 3 aromatic rings. The molecule has 0 radical (unpaired) electrons. The van der Waals surface area contributed by atoms with Gasteiger partial charge in [-0.15, -0.1) is 0 Å². The molecule has 10 rings (SSSR count). The number of fused-ring (bicyclic) bond motifs is 3. The number of nitrogens with zero attached hydrogens (tertiary/aromatic N) is 3. The van der Waals surface area contributed by atoms with Gasteiger partial charge in [-0.3, -0.25) is 28.8 Å². The van der Waals surface area contributed by atoms with Crippen molar-refractivity contribution < 1.29 is 37.9 Å². The van der Waals surface area contributed by atoms with E-state index < -0.39 is 34.8 Å². The monoisotopic (exact) mass is 988 g/mol. The van der Waals surface area contributed by atoms with E-state index >= 15 is 4.39 Å². The molecule has 4 saturated heterocycles. The molecule has 3 aliphatic carbocycles. The fourth-order valence-corrected chi connectivity index (χ4v) is 11.6. The van der Waals surface area contributed by atoms with E-state index in [4.69, 9.17) is 15.9 Å². The number of primary amides is 1. The van der Waals surface area contributed by atoms with Crippen LogP contribution in [0.5, 0.6) is 0 Å². The van der Waals surface area contributed by atoms with Crippen molar-refractivity contribution in [3.8, 4) is 0 Å².